The molecule has 5 heteroatoms. The Morgan fingerprint density at radius 3 is 2.91 bits per heavy atom. The molecular weight excluding hydrogens is 281 g/mol. The highest BCUT2D eigenvalue weighted by Gasteiger charge is 2.40. The second kappa shape index (κ2) is 6.75. The van der Waals surface area contributed by atoms with Crippen LogP contribution in [0.2, 0.25) is 0 Å². The van der Waals surface area contributed by atoms with Crippen LogP contribution in [0.5, 0.6) is 0 Å². The molecule has 1 saturated heterocycles. The van der Waals surface area contributed by atoms with Gasteiger partial charge in [0, 0.05) is 30.9 Å². The summed E-state index contributed by atoms with van der Waals surface area (Å²) in [7, 11) is 0. The zero-order valence-corrected chi connectivity index (χ0v) is 12.9. The summed E-state index contributed by atoms with van der Waals surface area (Å²) in [6.07, 6.45) is 6.10. The lowest BCUT2D eigenvalue weighted by molar-refractivity contribution is -0.120. The average Bonchev–Trinajstić information content (AvgIpc) is 2.51. The number of anilines is 1. The summed E-state index contributed by atoms with van der Waals surface area (Å²) in [5.41, 5.74) is 0.660. The largest absolute Gasteiger partial charge is 0.325 e. The third-order valence-electron chi connectivity index (χ3n) is 4.91. The Morgan fingerprint density at radius 1 is 1.32 bits per heavy atom. The maximum Gasteiger partial charge on any atom is 0.238 e. The van der Waals surface area contributed by atoms with Crippen molar-refractivity contribution < 1.29 is 9.18 Å². The van der Waals surface area contributed by atoms with Gasteiger partial charge in [-0.3, -0.25) is 9.69 Å². The number of carbonyl (C=O) groups excluding carboxylic acids is 1. The molecule has 2 N–H and O–H groups in total. The van der Waals surface area contributed by atoms with Crippen LogP contribution in [0, 0.1) is 5.82 Å². The molecule has 2 aliphatic rings. The second-order valence-electron chi connectivity index (χ2n) is 6.44. The first-order valence-corrected chi connectivity index (χ1v) is 8.19. The molecule has 1 heterocycles. The van der Waals surface area contributed by atoms with Crippen LogP contribution in [0.25, 0.3) is 0 Å². The fourth-order valence-electron chi connectivity index (χ4n) is 3.77. The predicted molar refractivity (Wildman–Crippen MR) is 85.3 cm³/mol. The number of hydrogen-bond acceptors (Lipinski definition) is 3. The summed E-state index contributed by atoms with van der Waals surface area (Å²) < 4.78 is 13.2. The molecule has 1 aliphatic carbocycles. The summed E-state index contributed by atoms with van der Waals surface area (Å²) >= 11 is 0. The van der Waals surface area contributed by atoms with Crippen molar-refractivity contribution in [2.24, 2.45) is 0 Å². The first-order valence-electron chi connectivity index (χ1n) is 8.19. The SMILES string of the molecule is O=C(CN1CCNCC12CCCCC2)Nc1cccc(F)c1. The highest BCUT2D eigenvalue weighted by molar-refractivity contribution is 5.92. The number of amides is 1. The molecule has 2 fully saturated rings. The Labute approximate surface area is 131 Å². The van der Waals surface area contributed by atoms with E-state index in [0.717, 1.165) is 32.5 Å². The Bertz CT molecular complexity index is 520. The normalized spacial score (nSPS) is 21.7. The smallest absolute Gasteiger partial charge is 0.238 e. The van der Waals surface area contributed by atoms with E-state index in [0.29, 0.717) is 12.2 Å². The number of halogens is 1. The minimum atomic E-state index is -0.330. The molecular formula is C17H24FN3O. The molecule has 22 heavy (non-hydrogen) atoms. The van der Waals surface area contributed by atoms with Crippen molar-refractivity contribution in [3.05, 3.63) is 30.1 Å². The monoisotopic (exact) mass is 305 g/mol. The van der Waals surface area contributed by atoms with Crippen molar-refractivity contribution in [3.8, 4) is 0 Å². The Morgan fingerprint density at radius 2 is 2.14 bits per heavy atom. The van der Waals surface area contributed by atoms with Gasteiger partial charge in [0.1, 0.15) is 5.82 Å². The quantitative estimate of drug-likeness (QED) is 0.901. The summed E-state index contributed by atoms with van der Waals surface area (Å²) in [4.78, 5) is 14.7. The lowest BCUT2D eigenvalue weighted by Gasteiger charge is -2.49. The molecule has 120 valence electrons. The van der Waals surface area contributed by atoms with Gasteiger partial charge in [-0.25, -0.2) is 4.39 Å². The zero-order valence-electron chi connectivity index (χ0n) is 12.9. The van der Waals surface area contributed by atoms with E-state index in [1.54, 1.807) is 12.1 Å². The third-order valence-corrected chi connectivity index (χ3v) is 4.91. The number of rotatable bonds is 3. The first kappa shape index (κ1) is 15.4. The van der Waals surface area contributed by atoms with Gasteiger partial charge >= 0.3 is 0 Å². The van der Waals surface area contributed by atoms with Gasteiger partial charge in [0.25, 0.3) is 0 Å². The Balaban J connectivity index is 1.64. The predicted octanol–water partition coefficient (Wildman–Crippen LogP) is 2.37. The molecule has 0 radical (unpaired) electrons. The standard InChI is InChI=1S/C17H24FN3O/c18-14-5-4-6-15(11-14)20-16(22)12-21-10-9-19-13-17(21)7-2-1-3-8-17/h4-6,11,19H,1-3,7-10,12-13H2,(H,20,22). The van der Waals surface area contributed by atoms with Crippen LogP contribution in [0.1, 0.15) is 32.1 Å². The summed E-state index contributed by atoms with van der Waals surface area (Å²) in [6.45, 7) is 3.18. The van der Waals surface area contributed by atoms with E-state index in [4.69, 9.17) is 0 Å². The molecule has 4 nitrogen and oxygen atoms in total. The summed E-state index contributed by atoms with van der Waals surface area (Å²) in [5, 5.41) is 6.29. The number of piperazine rings is 1. The van der Waals surface area contributed by atoms with E-state index in [-0.39, 0.29) is 17.3 Å². The molecule has 1 saturated carbocycles. The van der Waals surface area contributed by atoms with E-state index in [1.807, 2.05) is 0 Å². The highest BCUT2D eigenvalue weighted by Crippen LogP contribution is 2.34. The van der Waals surface area contributed by atoms with Crippen molar-refractivity contribution in [2.45, 2.75) is 37.6 Å². The second-order valence-corrected chi connectivity index (χ2v) is 6.44. The molecule has 0 bridgehead atoms. The fourth-order valence-corrected chi connectivity index (χ4v) is 3.77. The van der Waals surface area contributed by atoms with Gasteiger partial charge in [0.05, 0.1) is 6.54 Å². The third kappa shape index (κ3) is 3.47. The van der Waals surface area contributed by atoms with Crippen LogP contribution in [0.3, 0.4) is 0 Å². The summed E-state index contributed by atoms with van der Waals surface area (Å²) in [5.74, 6) is -0.388. The first-order chi connectivity index (χ1) is 10.7. The van der Waals surface area contributed by atoms with Gasteiger partial charge in [-0.1, -0.05) is 25.3 Å². The van der Waals surface area contributed by atoms with Gasteiger partial charge in [-0.2, -0.15) is 0 Å². The molecule has 0 atom stereocenters. The number of nitrogens with zero attached hydrogens (tertiary/aromatic N) is 1. The van der Waals surface area contributed by atoms with Crippen LogP contribution < -0.4 is 10.6 Å². The van der Waals surface area contributed by atoms with E-state index >= 15 is 0 Å². The van der Waals surface area contributed by atoms with Crippen LogP contribution in [-0.2, 0) is 4.79 Å². The summed E-state index contributed by atoms with van der Waals surface area (Å²) in [6, 6.07) is 6.06. The van der Waals surface area contributed by atoms with Gasteiger partial charge in [-0.05, 0) is 31.0 Å². The molecule has 1 spiro atoms. The molecule has 0 unspecified atom stereocenters. The Kier molecular flexibility index (Phi) is 4.74. The van der Waals surface area contributed by atoms with Crippen molar-refractivity contribution >= 4 is 11.6 Å². The minimum absolute atomic E-state index is 0.0579. The van der Waals surface area contributed by atoms with Crippen molar-refractivity contribution in [3.63, 3.8) is 0 Å². The Hall–Kier alpha value is -1.46. The van der Waals surface area contributed by atoms with Gasteiger partial charge in [-0.15, -0.1) is 0 Å². The van der Waals surface area contributed by atoms with Gasteiger partial charge in [0.15, 0.2) is 0 Å². The lowest BCUT2D eigenvalue weighted by Crippen LogP contribution is -2.63. The van der Waals surface area contributed by atoms with E-state index in [1.165, 1.54) is 31.4 Å². The maximum atomic E-state index is 13.2. The van der Waals surface area contributed by atoms with Crippen LogP contribution in [0.15, 0.2) is 24.3 Å². The fraction of sp³-hybridized carbons (Fsp3) is 0.588. The molecule has 3 rings (SSSR count). The minimum Gasteiger partial charge on any atom is -0.325 e. The van der Waals surface area contributed by atoms with Gasteiger partial charge < -0.3 is 10.6 Å². The van der Waals surface area contributed by atoms with E-state index < -0.39 is 0 Å². The van der Waals surface area contributed by atoms with Crippen molar-refractivity contribution in [1.82, 2.24) is 10.2 Å². The number of carbonyl (C=O) groups is 1. The topological polar surface area (TPSA) is 44.4 Å². The van der Waals surface area contributed by atoms with Crippen molar-refractivity contribution in [2.75, 3.05) is 31.5 Å². The molecule has 1 aromatic rings. The van der Waals surface area contributed by atoms with Crippen LogP contribution in [0.4, 0.5) is 10.1 Å². The lowest BCUT2D eigenvalue weighted by atomic mass is 9.79. The molecule has 1 aromatic carbocycles. The number of hydrogen-bond donors (Lipinski definition) is 2. The van der Waals surface area contributed by atoms with Crippen molar-refractivity contribution in [1.29, 1.82) is 0 Å². The average molecular weight is 305 g/mol. The van der Waals surface area contributed by atoms with E-state index in [9.17, 15) is 9.18 Å². The zero-order chi connectivity index (χ0) is 15.4. The molecule has 1 amide bonds. The maximum absolute atomic E-state index is 13.2. The number of benzene rings is 1. The van der Waals surface area contributed by atoms with Crippen LogP contribution in [-0.4, -0.2) is 42.5 Å². The van der Waals surface area contributed by atoms with E-state index in [2.05, 4.69) is 15.5 Å². The van der Waals surface area contributed by atoms with Crippen LogP contribution >= 0.6 is 0 Å². The number of nitrogens with one attached hydrogen (secondary N) is 2. The highest BCUT2D eigenvalue weighted by atomic mass is 19.1. The molecule has 1 aliphatic heterocycles. The molecule has 0 aromatic heterocycles. The van der Waals surface area contributed by atoms with Gasteiger partial charge in [0.2, 0.25) is 5.91 Å².